The predicted molar refractivity (Wildman–Crippen MR) is 237 cm³/mol. The molecule has 0 radical (unpaired) electrons. The van der Waals surface area contributed by atoms with Gasteiger partial charge in [-0.2, -0.15) is 5.26 Å². The topological polar surface area (TPSA) is 135 Å². The van der Waals surface area contributed by atoms with Gasteiger partial charge in [-0.25, -0.2) is 4.98 Å². The smallest absolute Gasteiger partial charge is 0.260 e. The molecule has 7 rings (SSSR count). The third kappa shape index (κ3) is 9.11. The molecule has 2 saturated heterocycles. The van der Waals surface area contributed by atoms with Crippen LogP contribution in [0.2, 0.25) is 0 Å². The van der Waals surface area contributed by atoms with Gasteiger partial charge >= 0.3 is 0 Å². The van der Waals surface area contributed by atoms with Gasteiger partial charge in [-0.1, -0.05) is 78.0 Å². The lowest BCUT2D eigenvalue weighted by Gasteiger charge is -2.26. The molecule has 5 heterocycles. The second-order valence-corrected chi connectivity index (χ2v) is 18.1. The molecule has 2 aromatic carbocycles. The van der Waals surface area contributed by atoms with Crippen molar-refractivity contribution in [1.29, 1.82) is 5.26 Å². The minimum Gasteiger partial charge on any atom is -0.397 e. The number of nitriles is 1. The molecule has 2 aliphatic rings. The van der Waals surface area contributed by atoms with E-state index in [2.05, 4.69) is 126 Å². The first-order valence-electron chi connectivity index (χ1n) is 19.4. The molecular formula is C44H55N9OS2. The van der Waals surface area contributed by atoms with E-state index in [1.807, 2.05) is 18.3 Å². The summed E-state index contributed by atoms with van der Waals surface area (Å²) in [6, 6.07) is 24.1. The Labute approximate surface area is 340 Å². The molecule has 10 nitrogen and oxygen atoms in total. The Bertz CT molecular complexity index is 2240. The van der Waals surface area contributed by atoms with Crippen LogP contribution in [0.5, 0.6) is 0 Å². The second kappa shape index (κ2) is 16.9. The number of H-pyrrole nitrogens is 1. The fraction of sp³-hybridized carbons (Fsp3) is 0.409. The van der Waals surface area contributed by atoms with Crippen molar-refractivity contribution in [3.05, 3.63) is 99.3 Å². The van der Waals surface area contributed by atoms with Gasteiger partial charge in [-0.3, -0.25) is 4.79 Å². The highest BCUT2D eigenvalue weighted by Crippen LogP contribution is 2.39. The minimum absolute atomic E-state index is 0.158. The number of nitrogens with one attached hydrogen (secondary N) is 1. The van der Waals surface area contributed by atoms with E-state index in [0.29, 0.717) is 20.8 Å². The summed E-state index contributed by atoms with van der Waals surface area (Å²) in [5.74, 6) is -0.498. The fourth-order valence-electron chi connectivity index (χ4n) is 7.49. The van der Waals surface area contributed by atoms with Gasteiger partial charge in [0, 0.05) is 76.1 Å². The van der Waals surface area contributed by atoms with Crippen molar-refractivity contribution in [2.75, 3.05) is 77.7 Å². The van der Waals surface area contributed by atoms with E-state index in [-0.39, 0.29) is 10.8 Å². The van der Waals surface area contributed by atoms with Gasteiger partial charge < -0.3 is 36.1 Å². The summed E-state index contributed by atoms with van der Waals surface area (Å²) in [5.41, 5.74) is 20.3. The first-order valence-corrected chi connectivity index (χ1v) is 20.7. The van der Waals surface area contributed by atoms with Crippen molar-refractivity contribution in [3.8, 4) is 6.07 Å². The Balaban J connectivity index is 0.000000192. The predicted octanol–water partition coefficient (Wildman–Crippen LogP) is 8.62. The second-order valence-electron chi connectivity index (χ2n) is 16.6. The van der Waals surface area contributed by atoms with Gasteiger partial charge in [-0.05, 0) is 71.2 Å². The first kappa shape index (κ1) is 40.5. The molecule has 0 atom stereocenters. The lowest BCUT2D eigenvalue weighted by atomic mass is 9.87. The maximum atomic E-state index is 11.7. The molecule has 3 aromatic heterocycles. The van der Waals surface area contributed by atoms with Crippen LogP contribution in [0.15, 0.2) is 73.1 Å². The molecule has 2 fully saturated rings. The number of amides is 1. The lowest BCUT2D eigenvalue weighted by molar-refractivity contribution is 0.100. The van der Waals surface area contributed by atoms with Gasteiger partial charge in [0.25, 0.3) is 5.91 Å². The van der Waals surface area contributed by atoms with Gasteiger partial charge in [0.1, 0.15) is 26.0 Å². The van der Waals surface area contributed by atoms with Crippen LogP contribution >= 0.6 is 23.6 Å². The zero-order valence-electron chi connectivity index (χ0n) is 33.6. The van der Waals surface area contributed by atoms with E-state index >= 15 is 0 Å². The maximum absolute atomic E-state index is 11.7. The largest absolute Gasteiger partial charge is 0.397 e. The first-order chi connectivity index (χ1) is 26.7. The molecular weight excluding hydrogens is 735 g/mol. The monoisotopic (exact) mass is 789 g/mol. The van der Waals surface area contributed by atoms with Gasteiger partial charge in [0.15, 0.2) is 0 Å². The van der Waals surface area contributed by atoms with Crippen molar-refractivity contribution in [1.82, 2.24) is 9.97 Å². The number of fused-ring (bicyclic) bond motifs is 1. The number of rotatable bonds is 5. The third-order valence-corrected chi connectivity index (χ3v) is 12.2. The molecule has 0 spiro atoms. The average molecular weight is 790 g/mol. The summed E-state index contributed by atoms with van der Waals surface area (Å²) >= 11 is 6.54. The Morgan fingerprint density at radius 1 is 0.750 bits per heavy atom. The maximum Gasteiger partial charge on any atom is 0.260 e. The molecule has 294 valence electrons. The number of primary amides is 1. The average Bonchev–Trinajstić information content (AvgIpc) is 3.34. The normalized spacial score (nSPS) is 15.4. The highest BCUT2D eigenvalue weighted by atomic mass is 32.1. The van der Waals surface area contributed by atoms with E-state index in [1.54, 1.807) is 6.20 Å². The van der Waals surface area contributed by atoms with E-state index in [0.717, 1.165) is 86.8 Å². The van der Waals surface area contributed by atoms with Crippen molar-refractivity contribution >= 4 is 68.1 Å². The number of carbonyl (C=O) groups excluding carboxylic acids is 1. The van der Waals surface area contributed by atoms with Crippen LogP contribution in [-0.2, 0) is 10.8 Å². The molecule has 0 unspecified atom stereocenters. The summed E-state index contributed by atoms with van der Waals surface area (Å²) in [4.78, 5) is 29.7. The van der Waals surface area contributed by atoms with Gasteiger partial charge in [-0.15, -0.1) is 11.3 Å². The molecule has 12 heteroatoms. The van der Waals surface area contributed by atoms with Crippen LogP contribution in [-0.4, -0.2) is 68.2 Å². The van der Waals surface area contributed by atoms with Gasteiger partial charge in [0.05, 0.1) is 22.4 Å². The van der Waals surface area contributed by atoms with Crippen LogP contribution in [0, 0.1) is 16.0 Å². The number of hydrogen-bond donors (Lipinski definition) is 3. The number of hydrogen-bond acceptors (Lipinski definition) is 10. The number of pyridine rings is 2. The van der Waals surface area contributed by atoms with E-state index < -0.39 is 5.91 Å². The molecule has 5 aromatic rings. The molecule has 56 heavy (non-hydrogen) atoms. The van der Waals surface area contributed by atoms with Crippen LogP contribution in [0.25, 0.3) is 10.2 Å². The molecule has 0 bridgehead atoms. The zero-order valence-corrected chi connectivity index (χ0v) is 35.2. The molecule has 5 N–H and O–H groups in total. The summed E-state index contributed by atoms with van der Waals surface area (Å²) in [6.45, 7) is 20.9. The van der Waals surface area contributed by atoms with E-state index in [9.17, 15) is 10.1 Å². The molecule has 0 saturated carbocycles. The standard InChI is InChI=1S/C23H29N5OS.C21H26N4S/c1-23(2,3)15-5-7-16(8-6-15)27-11-4-12-28(14-13-27)17-9-10-26-22-18(17)19(24)20(30-22)21(25)29;1-21(2,3)16-5-7-17(8-6-16)24-11-4-12-25(14-13-24)19-9-10-23-20(26)18(19)15-22/h5-10H,4,11-14,24H2,1-3H3,(H2,25,29);5-10H,4,11-14H2,1-3H3,(H,23,26). The van der Waals surface area contributed by atoms with Crippen LogP contribution in [0.1, 0.15) is 80.7 Å². The number of aromatic nitrogens is 2. The summed E-state index contributed by atoms with van der Waals surface area (Å²) in [7, 11) is 0. The summed E-state index contributed by atoms with van der Waals surface area (Å²) < 4.78 is 0.517. The zero-order chi connectivity index (χ0) is 40.2. The summed E-state index contributed by atoms with van der Waals surface area (Å²) in [5, 5.41) is 10.3. The number of thiophene rings is 1. The highest BCUT2D eigenvalue weighted by Gasteiger charge is 2.24. The van der Waals surface area contributed by atoms with Crippen LogP contribution in [0.3, 0.4) is 0 Å². The number of anilines is 5. The van der Waals surface area contributed by atoms with Crippen LogP contribution in [0.4, 0.5) is 28.4 Å². The Kier molecular flexibility index (Phi) is 12.3. The van der Waals surface area contributed by atoms with Crippen molar-refractivity contribution < 1.29 is 4.79 Å². The van der Waals surface area contributed by atoms with E-state index in [1.165, 1.54) is 33.8 Å². The van der Waals surface area contributed by atoms with Crippen molar-refractivity contribution in [3.63, 3.8) is 0 Å². The van der Waals surface area contributed by atoms with E-state index in [4.69, 9.17) is 23.7 Å². The highest BCUT2D eigenvalue weighted by molar-refractivity contribution is 7.71. The number of carbonyl (C=O) groups is 1. The fourth-order valence-corrected chi connectivity index (χ4v) is 8.65. The lowest BCUT2D eigenvalue weighted by Crippen LogP contribution is -2.31. The van der Waals surface area contributed by atoms with Crippen LogP contribution < -0.4 is 31.1 Å². The summed E-state index contributed by atoms with van der Waals surface area (Å²) in [6.07, 6.45) is 5.70. The molecule has 2 aliphatic heterocycles. The van der Waals surface area contributed by atoms with Crippen molar-refractivity contribution in [2.24, 2.45) is 5.73 Å². The minimum atomic E-state index is -0.498. The quantitative estimate of drug-likeness (QED) is 0.150. The molecule has 0 aliphatic carbocycles. The Morgan fingerprint density at radius 3 is 1.71 bits per heavy atom. The Hall–Kier alpha value is -5.12. The molecule has 1 amide bonds. The number of aromatic amines is 1. The number of nitrogens with zero attached hydrogens (tertiary/aromatic N) is 6. The van der Waals surface area contributed by atoms with Gasteiger partial charge in [0.2, 0.25) is 0 Å². The van der Waals surface area contributed by atoms with Crippen molar-refractivity contribution in [2.45, 2.75) is 65.2 Å². The third-order valence-electron chi connectivity index (χ3n) is 10.8. The number of benzene rings is 2. The number of nitrogen functional groups attached to an aromatic ring is 1. The SMILES string of the molecule is CC(C)(C)c1ccc(N2CCCN(c3cc[nH]c(=S)c3C#N)CC2)cc1.CC(C)(C)c1ccc(N2CCCN(c3ccnc4sc(C(N)=O)c(N)c34)CC2)cc1. The number of nitrogens with two attached hydrogens (primary N) is 2. The Morgan fingerprint density at radius 2 is 1.23 bits per heavy atom.